The van der Waals surface area contributed by atoms with Crippen LogP contribution in [-0.4, -0.2) is 40.6 Å². The number of nitrogens with one attached hydrogen (secondary N) is 1. The first kappa shape index (κ1) is 22.3. The van der Waals surface area contributed by atoms with Crippen LogP contribution in [-0.2, 0) is 14.8 Å². The number of benzene rings is 2. The molecule has 1 aliphatic rings. The quantitative estimate of drug-likeness (QED) is 0.612. The molecule has 2 aromatic carbocycles. The minimum absolute atomic E-state index is 0.0884. The second-order valence-corrected chi connectivity index (χ2v) is 9.64. The number of carbonyl (C=O) groups is 1. The Morgan fingerprint density at radius 2 is 1.87 bits per heavy atom. The molecule has 1 N–H and O–H groups in total. The average molecular weight is 431 g/mol. The summed E-state index contributed by atoms with van der Waals surface area (Å²) in [5.74, 6) is -0.286. The van der Waals surface area contributed by atoms with Crippen molar-refractivity contribution in [3.05, 3.63) is 59.7 Å². The minimum Gasteiger partial charge on any atom is -0.378 e. The van der Waals surface area contributed by atoms with Gasteiger partial charge in [0.15, 0.2) is 0 Å². The number of para-hydroxylation sites is 1. The standard InChI is InChI=1S/C23H30N2O4S/c1-18-9-3-6-14-22(18)25(2)30(27,28)21-13-7-10-19(17-21)23(26)24-15-8-16-29-20-11-4-5-12-20/h3,6-7,9-10,13-14,17,20H,4-5,8,11-12,15-16H2,1-2H3,(H,24,26). The van der Waals surface area contributed by atoms with Gasteiger partial charge in [0.05, 0.1) is 16.7 Å². The number of sulfonamides is 1. The number of ether oxygens (including phenoxy) is 1. The van der Waals surface area contributed by atoms with Gasteiger partial charge in [0, 0.05) is 25.8 Å². The third-order valence-electron chi connectivity index (χ3n) is 5.47. The van der Waals surface area contributed by atoms with Crippen LogP contribution in [0.1, 0.15) is 48.0 Å². The summed E-state index contributed by atoms with van der Waals surface area (Å²) in [5, 5.41) is 2.85. The molecular formula is C23H30N2O4S. The Labute approximate surface area is 179 Å². The molecule has 0 aliphatic heterocycles. The highest BCUT2D eigenvalue weighted by atomic mass is 32.2. The van der Waals surface area contributed by atoms with Crippen molar-refractivity contribution in [2.45, 2.75) is 50.0 Å². The molecule has 0 heterocycles. The molecular weight excluding hydrogens is 400 g/mol. The zero-order chi connectivity index (χ0) is 21.6. The van der Waals surface area contributed by atoms with Gasteiger partial charge in [0.25, 0.3) is 15.9 Å². The van der Waals surface area contributed by atoms with Crippen LogP contribution in [0.4, 0.5) is 5.69 Å². The predicted octanol–water partition coefficient (Wildman–Crippen LogP) is 3.90. The molecule has 3 rings (SSSR count). The molecule has 1 fully saturated rings. The van der Waals surface area contributed by atoms with Crippen LogP contribution in [0.5, 0.6) is 0 Å². The first-order valence-electron chi connectivity index (χ1n) is 10.4. The van der Waals surface area contributed by atoms with Crippen LogP contribution in [0.25, 0.3) is 0 Å². The average Bonchev–Trinajstić information content (AvgIpc) is 3.27. The summed E-state index contributed by atoms with van der Waals surface area (Å²) in [6.45, 7) is 2.98. The van der Waals surface area contributed by atoms with E-state index in [9.17, 15) is 13.2 Å². The van der Waals surface area contributed by atoms with E-state index in [2.05, 4.69) is 5.32 Å². The second kappa shape index (κ2) is 10.1. The molecule has 0 spiro atoms. The van der Waals surface area contributed by atoms with Gasteiger partial charge in [0.2, 0.25) is 0 Å². The van der Waals surface area contributed by atoms with Gasteiger partial charge >= 0.3 is 0 Å². The number of amides is 1. The molecule has 1 aliphatic carbocycles. The summed E-state index contributed by atoms with van der Waals surface area (Å²) in [7, 11) is -2.25. The number of rotatable bonds is 9. The molecule has 30 heavy (non-hydrogen) atoms. The van der Waals surface area contributed by atoms with Crippen LogP contribution in [0.2, 0.25) is 0 Å². The van der Waals surface area contributed by atoms with Crippen LogP contribution in [0, 0.1) is 6.92 Å². The molecule has 1 amide bonds. The highest BCUT2D eigenvalue weighted by molar-refractivity contribution is 7.92. The maximum Gasteiger partial charge on any atom is 0.264 e. The molecule has 0 atom stereocenters. The first-order chi connectivity index (χ1) is 14.4. The Balaban J connectivity index is 1.60. The normalized spacial score (nSPS) is 14.6. The summed E-state index contributed by atoms with van der Waals surface area (Å²) in [6.07, 6.45) is 5.83. The van der Waals surface area contributed by atoms with E-state index in [1.807, 2.05) is 19.1 Å². The molecule has 1 saturated carbocycles. The maximum atomic E-state index is 13.1. The Morgan fingerprint density at radius 3 is 2.60 bits per heavy atom. The van der Waals surface area contributed by atoms with Gasteiger partial charge in [-0.2, -0.15) is 0 Å². The summed E-state index contributed by atoms with van der Waals surface area (Å²) in [4.78, 5) is 12.6. The van der Waals surface area contributed by atoms with E-state index in [0.717, 1.165) is 24.8 Å². The van der Waals surface area contributed by atoms with Gasteiger partial charge in [-0.3, -0.25) is 9.10 Å². The van der Waals surface area contributed by atoms with Crippen molar-refractivity contribution in [1.82, 2.24) is 5.32 Å². The lowest BCUT2D eigenvalue weighted by atomic mass is 10.2. The number of anilines is 1. The lowest BCUT2D eigenvalue weighted by molar-refractivity contribution is 0.0565. The zero-order valence-corrected chi connectivity index (χ0v) is 18.5. The van der Waals surface area contributed by atoms with Crippen molar-refractivity contribution < 1.29 is 17.9 Å². The molecule has 0 aromatic heterocycles. The maximum absolute atomic E-state index is 13.1. The number of hydrogen-bond donors (Lipinski definition) is 1. The van der Waals surface area contributed by atoms with Crippen molar-refractivity contribution >= 4 is 21.6 Å². The van der Waals surface area contributed by atoms with Crippen LogP contribution >= 0.6 is 0 Å². The zero-order valence-electron chi connectivity index (χ0n) is 17.6. The topological polar surface area (TPSA) is 75.7 Å². The van der Waals surface area contributed by atoms with Crippen molar-refractivity contribution in [2.75, 3.05) is 24.5 Å². The molecule has 162 valence electrons. The molecule has 7 heteroatoms. The van der Waals surface area contributed by atoms with Crippen molar-refractivity contribution in [1.29, 1.82) is 0 Å². The lowest BCUT2D eigenvalue weighted by Crippen LogP contribution is -2.28. The van der Waals surface area contributed by atoms with Crippen LogP contribution in [0.3, 0.4) is 0 Å². The summed E-state index contributed by atoms with van der Waals surface area (Å²) in [6, 6.07) is 13.4. The van der Waals surface area contributed by atoms with Gasteiger partial charge in [-0.15, -0.1) is 0 Å². The summed E-state index contributed by atoms with van der Waals surface area (Å²) < 4.78 is 33.2. The van der Waals surface area contributed by atoms with E-state index in [-0.39, 0.29) is 10.8 Å². The predicted molar refractivity (Wildman–Crippen MR) is 118 cm³/mol. The SMILES string of the molecule is Cc1ccccc1N(C)S(=O)(=O)c1cccc(C(=O)NCCCOC2CCCC2)c1. The summed E-state index contributed by atoms with van der Waals surface area (Å²) in [5.41, 5.74) is 1.79. The van der Waals surface area contributed by atoms with Crippen LogP contribution < -0.4 is 9.62 Å². The molecule has 2 aromatic rings. The molecule has 0 unspecified atom stereocenters. The molecule has 0 bridgehead atoms. The Kier molecular flexibility index (Phi) is 7.50. The van der Waals surface area contributed by atoms with E-state index in [1.165, 1.54) is 36.3 Å². The van der Waals surface area contributed by atoms with Gasteiger partial charge < -0.3 is 10.1 Å². The Bertz CT molecular complexity index is 969. The first-order valence-corrected chi connectivity index (χ1v) is 11.9. The van der Waals surface area contributed by atoms with E-state index >= 15 is 0 Å². The van der Waals surface area contributed by atoms with Crippen molar-refractivity contribution in [3.63, 3.8) is 0 Å². The molecule has 6 nitrogen and oxygen atoms in total. The summed E-state index contributed by atoms with van der Waals surface area (Å²) >= 11 is 0. The monoisotopic (exact) mass is 430 g/mol. The van der Waals surface area contributed by atoms with Gasteiger partial charge in [-0.25, -0.2) is 8.42 Å². The van der Waals surface area contributed by atoms with Gasteiger partial charge in [-0.05, 0) is 56.0 Å². The Morgan fingerprint density at radius 1 is 1.13 bits per heavy atom. The van der Waals surface area contributed by atoms with E-state index in [4.69, 9.17) is 4.74 Å². The highest BCUT2D eigenvalue weighted by Crippen LogP contribution is 2.25. The third kappa shape index (κ3) is 5.40. The molecule has 0 radical (unpaired) electrons. The fourth-order valence-electron chi connectivity index (χ4n) is 3.68. The largest absolute Gasteiger partial charge is 0.378 e. The fourth-order valence-corrected chi connectivity index (χ4v) is 4.99. The smallest absolute Gasteiger partial charge is 0.264 e. The third-order valence-corrected chi connectivity index (χ3v) is 7.24. The van der Waals surface area contributed by atoms with Gasteiger partial charge in [0.1, 0.15) is 0 Å². The van der Waals surface area contributed by atoms with E-state index in [1.54, 1.807) is 24.3 Å². The number of aryl methyl sites for hydroxylation is 1. The van der Waals surface area contributed by atoms with Crippen molar-refractivity contribution in [3.8, 4) is 0 Å². The van der Waals surface area contributed by atoms with Crippen molar-refractivity contribution in [2.24, 2.45) is 0 Å². The van der Waals surface area contributed by atoms with E-state index in [0.29, 0.717) is 30.5 Å². The number of carbonyl (C=O) groups excluding carboxylic acids is 1. The minimum atomic E-state index is -3.78. The van der Waals surface area contributed by atoms with Crippen LogP contribution in [0.15, 0.2) is 53.4 Å². The van der Waals surface area contributed by atoms with Gasteiger partial charge in [-0.1, -0.05) is 37.1 Å². The Hall–Kier alpha value is -2.38. The van der Waals surface area contributed by atoms with E-state index < -0.39 is 10.0 Å². The fraction of sp³-hybridized carbons (Fsp3) is 0.435. The number of nitrogens with zero attached hydrogens (tertiary/aromatic N) is 1. The number of hydrogen-bond acceptors (Lipinski definition) is 4. The highest BCUT2D eigenvalue weighted by Gasteiger charge is 2.23. The second-order valence-electron chi connectivity index (χ2n) is 7.67. The molecule has 0 saturated heterocycles. The lowest BCUT2D eigenvalue weighted by Gasteiger charge is -2.21.